The molecule has 0 saturated heterocycles. The first-order chi connectivity index (χ1) is 6.74. The van der Waals surface area contributed by atoms with Crippen LogP contribution >= 0.6 is 0 Å². The van der Waals surface area contributed by atoms with Gasteiger partial charge in [-0.15, -0.1) is 0 Å². The Hall–Kier alpha value is -1.35. The molecule has 2 N–H and O–H groups in total. The smallest absolute Gasteiger partial charge is 0.126 e. The lowest BCUT2D eigenvalue weighted by Gasteiger charge is -2.07. The lowest BCUT2D eigenvalue weighted by Crippen LogP contribution is -2.12. The van der Waals surface area contributed by atoms with E-state index in [1.165, 1.54) is 5.52 Å². The maximum Gasteiger partial charge on any atom is 0.126 e. The van der Waals surface area contributed by atoms with Crippen LogP contribution in [-0.4, -0.2) is 9.55 Å². The highest BCUT2D eigenvalue weighted by Gasteiger charge is 2.11. The van der Waals surface area contributed by atoms with Gasteiger partial charge in [-0.25, -0.2) is 4.98 Å². The SMILES string of the molecule is CCn1c([C@@H](C)N)nc2ccccc21. The fraction of sp³-hybridized carbons (Fsp3) is 0.364. The van der Waals surface area contributed by atoms with Crippen LogP contribution in [0.25, 0.3) is 11.0 Å². The third kappa shape index (κ3) is 1.30. The second-order valence-corrected chi connectivity index (χ2v) is 3.49. The summed E-state index contributed by atoms with van der Waals surface area (Å²) in [6.45, 7) is 4.99. The molecule has 0 aliphatic rings. The summed E-state index contributed by atoms with van der Waals surface area (Å²) >= 11 is 0. The molecule has 1 aromatic heterocycles. The average molecular weight is 189 g/mol. The van der Waals surface area contributed by atoms with Gasteiger partial charge in [-0.3, -0.25) is 0 Å². The molecule has 0 bridgehead atoms. The topological polar surface area (TPSA) is 43.8 Å². The van der Waals surface area contributed by atoms with Crippen LogP contribution in [0.3, 0.4) is 0 Å². The summed E-state index contributed by atoms with van der Waals surface area (Å²) in [5.74, 6) is 0.966. The van der Waals surface area contributed by atoms with E-state index in [0.717, 1.165) is 17.9 Å². The van der Waals surface area contributed by atoms with E-state index in [0.29, 0.717) is 0 Å². The predicted octanol–water partition coefficient (Wildman–Crippen LogP) is 2.08. The Kier molecular flexibility index (Phi) is 2.25. The largest absolute Gasteiger partial charge is 0.327 e. The number of hydrogen-bond acceptors (Lipinski definition) is 2. The molecule has 0 fully saturated rings. The summed E-state index contributed by atoms with van der Waals surface area (Å²) in [5.41, 5.74) is 8.07. The molecule has 74 valence electrons. The van der Waals surface area contributed by atoms with Crippen molar-refractivity contribution in [2.45, 2.75) is 26.4 Å². The number of fused-ring (bicyclic) bond motifs is 1. The van der Waals surface area contributed by atoms with Crippen molar-refractivity contribution < 1.29 is 0 Å². The van der Waals surface area contributed by atoms with Gasteiger partial charge in [0.2, 0.25) is 0 Å². The Labute approximate surface area is 83.6 Å². The van der Waals surface area contributed by atoms with Crippen LogP contribution in [0.5, 0.6) is 0 Å². The molecule has 0 spiro atoms. The van der Waals surface area contributed by atoms with Crippen LogP contribution in [0.1, 0.15) is 25.7 Å². The molecule has 0 radical (unpaired) electrons. The molecular formula is C11H15N3. The van der Waals surface area contributed by atoms with Crippen molar-refractivity contribution >= 4 is 11.0 Å². The van der Waals surface area contributed by atoms with Crippen LogP contribution in [0, 0.1) is 0 Å². The second kappa shape index (κ2) is 3.42. The molecule has 3 nitrogen and oxygen atoms in total. The van der Waals surface area contributed by atoms with Gasteiger partial charge in [0.15, 0.2) is 0 Å². The molecule has 0 unspecified atom stereocenters. The predicted molar refractivity (Wildman–Crippen MR) is 58.0 cm³/mol. The van der Waals surface area contributed by atoms with Gasteiger partial charge in [0.25, 0.3) is 0 Å². The molecule has 0 amide bonds. The van der Waals surface area contributed by atoms with Gasteiger partial charge in [0, 0.05) is 6.54 Å². The zero-order chi connectivity index (χ0) is 10.1. The summed E-state index contributed by atoms with van der Waals surface area (Å²) in [4.78, 5) is 4.52. The number of nitrogens with zero attached hydrogens (tertiary/aromatic N) is 2. The third-order valence-corrected chi connectivity index (χ3v) is 2.41. The molecule has 2 rings (SSSR count). The van der Waals surface area contributed by atoms with E-state index in [4.69, 9.17) is 5.73 Å². The van der Waals surface area contributed by atoms with E-state index in [9.17, 15) is 0 Å². The Morgan fingerprint density at radius 1 is 1.43 bits per heavy atom. The van der Waals surface area contributed by atoms with Gasteiger partial charge in [-0.2, -0.15) is 0 Å². The zero-order valence-electron chi connectivity index (χ0n) is 8.57. The molecule has 1 heterocycles. The van der Waals surface area contributed by atoms with Gasteiger partial charge < -0.3 is 10.3 Å². The third-order valence-electron chi connectivity index (χ3n) is 2.41. The number of nitrogens with two attached hydrogens (primary N) is 1. The number of para-hydroxylation sites is 2. The van der Waals surface area contributed by atoms with Crippen molar-refractivity contribution in [1.82, 2.24) is 9.55 Å². The standard InChI is InChI=1S/C11H15N3/c1-3-14-10-7-5-4-6-9(10)13-11(14)8(2)12/h4-8H,3,12H2,1-2H3/t8-/m1/s1. The van der Waals surface area contributed by atoms with Gasteiger partial charge in [-0.05, 0) is 26.0 Å². The van der Waals surface area contributed by atoms with Gasteiger partial charge in [0.1, 0.15) is 5.82 Å². The lowest BCUT2D eigenvalue weighted by atomic mass is 10.3. The number of rotatable bonds is 2. The first-order valence-electron chi connectivity index (χ1n) is 4.94. The van der Waals surface area contributed by atoms with Crippen LogP contribution in [0.4, 0.5) is 0 Å². The van der Waals surface area contributed by atoms with E-state index in [1.54, 1.807) is 0 Å². The maximum absolute atomic E-state index is 5.87. The Morgan fingerprint density at radius 3 is 2.79 bits per heavy atom. The van der Waals surface area contributed by atoms with Gasteiger partial charge in [0.05, 0.1) is 17.1 Å². The number of imidazole rings is 1. The van der Waals surface area contributed by atoms with Crippen molar-refractivity contribution in [3.63, 3.8) is 0 Å². The summed E-state index contributed by atoms with van der Waals surface area (Å²) in [6, 6.07) is 8.12. The highest BCUT2D eigenvalue weighted by molar-refractivity contribution is 5.75. The summed E-state index contributed by atoms with van der Waals surface area (Å²) in [7, 11) is 0. The van der Waals surface area contributed by atoms with Crippen molar-refractivity contribution in [2.24, 2.45) is 5.73 Å². The molecule has 0 aliphatic heterocycles. The van der Waals surface area contributed by atoms with Gasteiger partial charge in [-0.1, -0.05) is 12.1 Å². The fourth-order valence-corrected chi connectivity index (χ4v) is 1.77. The first kappa shape index (κ1) is 9.21. The van der Waals surface area contributed by atoms with Crippen LogP contribution in [0.2, 0.25) is 0 Å². The highest BCUT2D eigenvalue weighted by Crippen LogP contribution is 2.18. The minimum absolute atomic E-state index is 0.0117. The monoisotopic (exact) mass is 189 g/mol. The van der Waals surface area contributed by atoms with Gasteiger partial charge >= 0.3 is 0 Å². The van der Waals surface area contributed by atoms with Crippen molar-refractivity contribution in [2.75, 3.05) is 0 Å². The number of aryl methyl sites for hydroxylation is 1. The first-order valence-corrected chi connectivity index (χ1v) is 4.94. The Balaban J connectivity index is 2.72. The van der Waals surface area contributed by atoms with E-state index in [-0.39, 0.29) is 6.04 Å². The molecular weight excluding hydrogens is 174 g/mol. The minimum Gasteiger partial charge on any atom is -0.327 e. The van der Waals surface area contributed by atoms with Crippen LogP contribution in [-0.2, 0) is 6.54 Å². The summed E-state index contributed by atoms with van der Waals surface area (Å²) in [6.07, 6.45) is 0. The molecule has 14 heavy (non-hydrogen) atoms. The number of hydrogen-bond donors (Lipinski definition) is 1. The van der Waals surface area contributed by atoms with E-state index in [1.807, 2.05) is 25.1 Å². The molecule has 1 aromatic carbocycles. The Morgan fingerprint density at radius 2 is 2.14 bits per heavy atom. The van der Waals surface area contributed by atoms with Crippen LogP contribution in [0.15, 0.2) is 24.3 Å². The highest BCUT2D eigenvalue weighted by atomic mass is 15.1. The zero-order valence-corrected chi connectivity index (χ0v) is 8.57. The Bertz CT molecular complexity index is 443. The van der Waals surface area contributed by atoms with Crippen molar-refractivity contribution in [1.29, 1.82) is 0 Å². The summed E-state index contributed by atoms with van der Waals surface area (Å²) < 4.78 is 2.17. The lowest BCUT2D eigenvalue weighted by molar-refractivity contribution is 0.650. The number of aromatic nitrogens is 2. The average Bonchev–Trinajstić information content (AvgIpc) is 2.56. The van der Waals surface area contributed by atoms with Crippen LogP contribution < -0.4 is 5.73 Å². The van der Waals surface area contributed by atoms with E-state index < -0.39 is 0 Å². The van der Waals surface area contributed by atoms with E-state index >= 15 is 0 Å². The second-order valence-electron chi connectivity index (χ2n) is 3.49. The minimum atomic E-state index is -0.0117. The summed E-state index contributed by atoms with van der Waals surface area (Å²) in [5, 5.41) is 0. The molecule has 2 aromatic rings. The molecule has 0 aliphatic carbocycles. The van der Waals surface area contributed by atoms with Crippen molar-refractivity contribution in [3.8, 4) is 0 Å². The van der Waals surface area contributed by atoms with E-state index in [2.05, 4.69) is 22.5 Å². The normalized spacial score (nSPS) is 13.4. The van der Waals surface area contributed by atoms with Crippen molar-refractivity contribution in [3.05, 3.63) is 30.1 Å². The molecule has 1 atom stereocenters. The maximum atomic E-state index is 5.87. The molecule has 0 saturated carbocycles. The quantitative estimate of drug-likeness (QED) is 0.786. The molecule has 3 heteroatoms. The fourth-order valence-electron chi connectivity index (χ4n) is 1.77. The number of benzene rings is 1.